The largest absolute Gasteiger partial charge is 0.327 e. The van der Waals surface area contributed by atoms with Crippen LogP contribution in [0.2, 0.25) is 0 Å². The second-order valence-electron chi connectivity index (χ2n) is 5.66. The van der Waals surface area contributed by atoms with E-state index in [4.69, 9.17) is 5.26 Å². The number of anilines is 1. The van der Waals surface area contributed by atoms with Crippen molar-refractivity contribution in [2.45, 2.75) is 32.7 Å². The molecule has 8 heteroatoms. The molecule has 122 valence electrons. The molecule has 2 rings (SSSR count). The van der Waals surface area contributed by atoms with Crippen LogP contribution in [0.15, 0.2) is 17.8 Å². The normalized spacial score (nSPS) is 12.0. The van der Waals surface area contributed by atoms with Gasteiger partial charge in [-0.25, -0.2) is 9.78 Å². The Bertz CT molecular complexity index is 700. The van der Waals surface area contributed by atoms with Crippen molar-refractivity contribution in [2.75, 3.05) is 18.9 Å². The zero-order valence-electron chi connectivity index (χ0n) is 13.6. The fourth-order valence-electron chi connectivity index (χ4n) is 2.08. The van der Waals surface area contributed by atoms with E-state index in [0.717, 1.165) is 5.01 Å². The standard InChI is InChI=1S/C15H20N6OS/c1-10(2)21-9-12(7-16)13(19-21)18-15(22)20(4)8-11(3)14-17-5-6-23-14/h5-6,9-11H,8H2,1-4H3,(H,18,19,22). The summed E-state index contributed by atoms with van der Waals surface area (Å²) in [5, 5.41) is 19.0. The number of likely N-dealkylation sites (N-methyl/N-ethyl adjacent to an activating group) is 1. The zero-order valence-corrected chi connectivity index (χ0v) is 14.5. The number of nitriles is 1. The van der Waals surface area contributed by atoms with Crippen LogP contribution in [0.4, 0.5) is 10.6 Å². The van der Waals surface area contributed by atoms with Gasteiger partial charge in [0.15, 0.2) is 5.82 Å². The molecule has 0 aliphatic carbocycles. The minimum Gasteiger partial charge on any atom is -0.327 e. The van der Waals surface area contributed by atoms with E-state index < -0.39 is 0 Å². The molecule has 1 atom stereocenters. The number of carbonyl (C=O) groups is 1. The highest BCUT2D eigenvalue weighted by Gasteiger charge is 2.18. The summed E-state index contributed by atoms with van der Waals surface area (Å²) in [4.78, 5) is 18.1. The van der Waals surface area contributed by atoms with E-state index in [2.05, 4.69) is 21.5 Å². The molecular formula is C15H20N6OS. The molecule has 1 unspecified atom stereocenters. The maximum Gasteiger partial charge on any atom is 0.322 e. The lowest BCUT2D eigenvalue weighted by Gasteiger charge is -2.20. The Kier molecular flexibility index (Phi) is 5.34. The summed E-state index contributed by atoms with van der Waals surface area (Å²) in [6.45, 7) is 6.48. The van der Waals surface area contributed by atoms with Crippen LogP contribution in [0.25, 0.3) is 0 Å². The van der Waals surface area contributed by atoms with E-state index in [9.17, 15) is 4.79 Å². The first-order valence-electron chi connectivity index (χ1n) is 7.33. The Hall–Kier alpha value is -2.40. The molecule has 2 amide bonds. The van der Waals surface area contributed by atoms with Crippen molar-refractivity contribution in [3.05, 3.63) is 28.3 Å². The quantitative estimate of drug-likeness (QED) is 0.911. The van der Waals surface area contributed by atoms with Crippen molar-refractivity contribution >= 4 is 23.2 Å². The highest BCUT2D eigenvalue weighted by Crippen LogP contribution is 2.19. The van der Waals surface area contributed by atoms with Crippen molar-refractivity contribution in [3.63, 3.8) is 0 Å². The molecule has 7 nitrogen and oxygen atoms in total. The van der Waals surface area contributed by atoms with Gasteiger partial charge in [0, 0.05) is 43.3 Å². The van der Waals surface area contributed by atoms with Gasteiger partial charge >= 0.3 is 6.03 Å². The number of hydrogen-bond donors (Lipinski definition) is 1. The Morgan fingerprint density at radius 1 is 1.52 bits per heavy atom. The molecule has 0 aromatic carbocycles. The molecule has 0 aliphatic rings. The van der Waals surface area contributed by atoms with Crippen molar-refractivity contribution in [2.24, 2.45) is 0 Å². The molecule has 0 radical (unpaired) electrons. The zero-order chi connectivity index (χ0) is 17.0. The molecule has 0 fully saturated rings. The van der Waals surface area contributed by atoms with Gasteiger partial charge in [-0.2, -0.15) is 10.4 Å². The summed E-state index contributed by atoms with van der Waals surface area (Å²) in [5.41, 5.74) is 0.355. The van der Waals surface area contributed by atoms with E-state index in [0.29, 0.717) is 17.9 Å². The molecule has 1 N–H and O–H groups in total. The molecule has 0 bridgehead atoms. The number of aromatic nitrogens is 3. The Morgan fingerprint density at radius 3 is 2.83 bits per heavy atom. The predicted molar refractivity (Wildman–Crippen MR) is 89.5 cm³/mol. The third kappa shape index (κ3) is 4.07. The van der Waals surface area contributed by atoms with Gasteiger partial charge in [0.05, 0.1) is 5.01 Å². The van der Waals surface area contributed by atoms with Crippen LogP contribution in [0.1, 0.15) is 43.3 Å². The minimum atomic E-state index is -0.293. The van der Waals surface area contributed by atoms with Crippen LogP contribution in [0, 0.1) is 11.3 Å². The average molecular weight is 332 g/mol. The van der Waals surface area contributed by atoms with Crippen LogP contribution in [-0.2, 0) is 0 Å². The number of amides is 2. The summed E-state index contributed by atoms with van der Waals surface area (Å²) in [6.07, 6.45) is 3.40. The third-order valence-electron chi connectivity index (χ3n) is 3.37. The van der Waals surface area contributed by atoms with Gasteiger partial charge in [0.1, 0.15) is 11.6 Å². The Labute approximate surface area is 139 Å². The van der Waals surface area contributed by atoms with Crippen LogP contribution in [0.3, 0.4) is 0 Å². The van der Waals surface area contributed by atoms with Crippen molar-refractivity contribution in [1.29, 1.82) is 5.26 Å². The molecule has 0 aliphatic heterocycles. The number of thiazole rings is 1. The Morgan fingerprint density at radius 2 is 2.26 bits per heavy atom. The van der Waals surface area contributed by atoms with Gasteiger partial charge < -0.3 is 4.90 Å². The number of nitrogens with zero attached hydrogens (tertiary/aromatic N) is 5. The average Bonchev–Trinajstić information content (AvgIpc) is 3.16. The van der Waals surface area contributed by atoms with Gasteiger partial charge in [-0.1, -0.05) is 6.92 Å². The fourth-order valence-corrected chi connectivity index (χ4v) is 2.77. The van der Waals surface area contributed by atoms with Gasteiger partial charge in [0.2, 0.25) is 0 Å². The summed E-state index contributed by atoms with van der Waals surface area (Å²) >= 11 is 1.57. The van der Waals surface area contributed by atoms with Crippen molar-refractivity contribution in [1.82, 2.24) is 19.7 Å². The number of rotatable bonds is 5. The minimum absolute atomic E-state index is 0.121. The SMILES string of the molecule is CC(CN(C)C(=O)Nc1nn(C(C)C)cc1C#N)c1nccs1. The first-order valence-corrected chi connectivity index (χ1v) is 8.21. The maximum absolute atomic E-state index is 12.3. The molecule has 0 saturated heterocycles. The maximum atomic E-state index is 12.3. The molecule has 2 heterocycles. The second-order valence-corrected chi connectivity index (χ2v) is 6.59. The molecule has 0 spiro atoms. The van der Waals surface area contributed by atoms with Gasteiger partial charge in [-0.15, -0.1) is 11.3 Å². The fraction of sp³-hybridized carbons (Fsp3) is 0.467. The summed E-state index contributed by atoms with van der Waals surface area (Å²) in [7, 11) is 1.71. The van der Waals surface area contributed by atoms with E-state index in [1.54, 1.807) is 40.4 Å². The molecule has 0 saturated carbocycles. The van der Waals surface area contributed by atoms with Crippen LogP contribution in [-0.4, -0.2) is 39.3 Å². The Balaban J connectivity index is 2.02. The highest BCUT2D eigenvalue weighted by atomic mass is 32.1. The van der Waals surface area contributed by atoms with Gasteiger partial charge in [-0.3, -0.25) is 10.00 Å². The van der Waals surface area contributed by atoms with Crippen LogP contribution < -0.4 is 5.32 Å². The molecule has 2 aromatic rings. The first-order chi connectivity index (χ1) is 10.9. The highest BCUT2D eigenvalue weighted by molar-refractivity contribution is 7.09. The lowest BCUT2D eigenvalue weighted by atomic mass is 10.2. The lowest BCUT2D eigenvalue weighted by molar-refractivity contribution is 0.220. The summed E-state index contributed by atoms with van der Waals surface area (Å²) in [6, 6.07) is 1.88. The third-order valence-corrected chi connectivity index (χ3v) is 4.38. The van der Waals surface area contributed by atoms with Crippen molar-refractivity contribution < 1.29 is 4.79 Å². The predicted octanol–water partition coefficient (Wildman–Crippen LogP) is 3.06. The monoisotopic (exact) mass is 332 g/mol. The van der Waals surface area contributed by atoms with Crippen LogP contribution >= 0.6 is 11.3 Å². The van der Waals surface area contributed by atoms with Crippen LogP contribution in [0.5, 0.6) is 0 Å². The molecule has 23 heavy (non-hydrogen) atoms. The molecule has 2 aromatic heterocycles. The van der Waals surface area contributed by atoms with E-state index in [1.165, 1.54) is 0 Å². The number of nitrogens with one attached hydrogen (secondary N) is 1. The summed E-state index contributed by atoms with van der Waals surface area (Å²) in [5.74, 6) is 0.439. The number of urea groups is 1. The first kappa shape index (κ1) is 17.0. The molecular weight excluding hydrogens is 312 g/mol. The summed E-state index contributed by atoms with van der Waals surface area (Å²) < 4.78 is 1.66. The smallest absolute Gasteiger partial charge is 0.322 e. The number of hydrogen-bond acceptors (Lipinski definition) is 5. The number of carbonyl (C=O) groups excluding carboxylic acids is 1. The van der Waals surface area contributed by atoms with Gasteiger partial charge in [0.25, 0.3) is 0 Å². The van der Waals surface area contributed by atoms with E-state index in [1.807, 2.05) is 26.2 Å². The van der Waals surface area contributed by atoms with E-state index >= 15 is 0 Å². The van der Waals surface area contributed by atoms with Gasteiger partial charge in [-0.05, 0) is 13.8 Å². The topological polar surface area (TPSA) is 86.8 Å². The lowest BCUT2D eigenvalue weighted by Crippen LogP contribution is -2.34. The second kappa shape index (κ2) is 7.24. The van der Waals surface area contributed by atoms with E-state index in [-0.39, 0.29) is 18.0 Å². The van der Waals surface area contributed by atoms with Crippen molar-refractivity contribution in [3.8, 4) is 6.07 Å².